The van der Waals surface area contributed by atoms with Crippen LogP contribution in [0.2, 0.25) is 0 Å². The quantitative estimate of drug-likeness (QED) is 0.770. The second-order valence-electron chi connectivity index (χ2n) is 5.65. The molecule has 22 heavy (non-hydrogen) atoms. The molecular weight excluding hydrogens is 282 g/mol. The monoisotopic (exact) mass is 297 g/mol. The normalized spacial score (nSPS) is 15.1. The molecule has 3 heterocycles. The molecule has 0 aromatic carbocycles. The highest BCUT2D eigenvalue weighted by atomic mass is 16.4. The van der Waals surface area contributed by atoms with E-state index in [0.29, 0.717) is 17.4 Å². The first kappa shape index (κ1) is 13.0. The van der Waals surface area contributed by atoms with Gasteiger partial charge in [-0.1, -0.05) is 6.42 Å². The van der Waals surface area contributed by atoms with Crippen LogP contribution in [0.25, 0.3) is 22.7 Å². The number of carbonyl (C=O) groups is 1. The first-order valence-corrected chi connectivity index (χ1v) is 7.33. The van der Waals surface area contributed by atoms with Crippen molar-refractivity contribution in [3.63, 3.8) is 0 Å². The summed E-state index contributed by atoms with van der Waals surface area (Å²) in [6.45, 7) is 0.896. The Bertz CT molecular complexity index is 847. The van der Waals surface area contributed by atoms with Crippen LogP contribution in [0.1, 0.15) is 29.8 Å². The molecule has 3 aromatic heterocycles. The van der Waals surface area contributed by atoms with E-state index in [2.05, 4.69) is 20.1 Å². The molecule has 0 aliphatic heterocycles. The minimum Gasteiger partial charge on any atom is -0.477 e. The molecule has 1 fully saturated rings. The number of aromatic amines is 1. The predicted octanol–water partition coefficient (Wildman–Crippen LogP) is 2.32. The van der Waals surface area contributed by atoms with Gasteiger partial charge in [0.1, 0.15) is 5.69 Å². The SMILES string of the molecule is O=C(O)c1ccc2[nH]c(-c3ccnn3CC3CCC3)nc2n1. The van der Waals surface area contributed by atoms with Gasteiger partial charge in [0.15, 0.2) is 17.2 Å². The van der Waals surface area contributed by atoms with Crippen LogP contribution >= 0.6 is 0 Å². The fourth-order valence-electron chi connectivity index (χ4n) is 2.73. The summed E-state index contributed by atoms with van der Waals surface area (Å²) in [6, 6.07) is 5.07. The summed E-state index contributed by atoms with van der Waals surface area (Å²) in [6.07, 6.45) is 5.57. The number of aromatic nitrogens is 5. The Morgan fingerprint density at radius 2 is 2.18 bits per heavy atom. The maximum absolute atomic E-state index is 11.0. The van der Waals surface area contributed by atoms with Gasteiger partial charge >= 0.3 is 5.97 Å². The molecule has 0 spiro atoms. The standard InChI is InChI=1S/C15H15N5O2/c21-15(22)11-5-4-10-13(18-11)19-14(17-10)12-6-7-16-20(12)8-9-2-1-3-9/h4-7,9H,1-3,8H2,(H,21,22)(H,17,18,19). The van der Waals surface area contributed by atoms with Crippen molar-refractivity contribution < 1.29 is 9.90 Å². The van der Waals surface area contributed by atoms with E-state index in [1.165, 1.54) is 25.3 Å². The number of nitrogens with one attached hydrogen (secondary N) is 1. The van der Waals surface area contributed by atoms with Crippen molar-refractivity contribution >= 4 is 17.1 Å². The van der Waals surface area contributed by atoms with E-state index in [9.17, 15) is 4.79 Å². The number of pyridine rings is 1. The molecule has 4 rings (SSSR count). The van der Waals surface area contributed by atoms with Gasteiger partial charge in [0.05, 0.1) is 5.52 Å². The zero-order chi connectivity index (χ0) is 15.1. The second kappa shape index (κ2) is 4.94. The summed E-state index contributed by atoms with van der Waals surface area (Å²) in [7, 11) is 0. The smallest absolute Gasteiger partial charge is 0.354 e. The Kier molecular flexibility index (Phi) is 2.92. The zero-order valence-electron chi connectivity index (χ0n) is 11.9. The lowest BCUT2D eigenvalue weighted by molar-refractivity contribution is 0.0691. The zero-order valence-corrected chi connectivity index (χ0v) is 11.9. The maximum atomic E-state index is 11.0. The third-order valence-corrected chi connectivity index (χ3v) is 4.18. The molecule has 1 aliphatic carbocycles. The number of carboxylic acids is 1. The van der Waals surface area contributed by atoms with Crippen molar-refractivity contribution in [2.75, 3.05) is 0 Å². The highest BCUT2D eigenvalue weighted by Gasteiger charge is 2.20. The highest BCUT2D eigenvalue weighted by Crippen LogP contribution is 2.29. The number of rotatable bonds is 4. The van der Waals surface area contributed by atoms with Crippen LogP contribution < -0.4 is 0 Å². The Balaban J connectivity index is 1.71. The fourth-order valence-corrected chi connectivity index (χ4v) is 2.73. The van der Waals surface area contributed by atoms with Crippen LogP contribution in [-0.2, 0) is 6.54 Å². The molecule has 7 heteroatoms. The van der Waals surface area contributed by atoms with Gasteiger partial charge in [-0.3, -0.25) is 4.68 Å². The average Bonchev–Trinajstić information content (AvgIpc) is 3.07. The molecule has 112 valence electrons. The number of nitrogens with zero attached hydrogens (tertiary/aromatic N) is 4. The third kappa shape index (κ3) is 2.14. The number of carboxylic acid groups (broad SMARTS) is 1. The van der Waals surface area contributed by atoms with Gasteiger partial charge in [0, 0.05) is 12.7 Å². The van der Waals surface area contributed by atoms with E-state index < -0.39 is 5.97 Å². The van der Waals surface area contributed by atoms with Gasteiger partial charge in [-0.05, 0) is 37.0 Å². The van der Waals surface area contributed by atoms with Gasteiger partial charge in [-0.25, -0.2) is 14.8 Å². The minimum absolute atomic E-state index is 0.00599. The molecular formula is C15H15N5O2. The number of H-pyrrole nitrogens is 1. The van der Waals surface area contributed by atoms with Gasteiger partial charge < -0.3 is 10.1 Å². The van der Waals surface area contributed by atoms with E-state index >= 15 is 0 Å². The molecule has 1 aliphatic rings. The third-order valence-electron chi connectivity index (χ3n) is 4.18. The molecule has 0 radical (unpaired) electrons. The van der Waals surface area contributed by atoms with Crippen molar-refractivity contribution in [1.82, 2.24) is 24.7 Å². The number of imidazole rings is 1. The van der Waals surface area contributed by atoms with E-state index in [1.807, 2.05) is 10.7 Å². The number of fused-ring (bicyclic) bond motifs is 1. The molecule has 1 saturated carbocycles. The molecule has 0 unspecified atom stereocenters. The predicted molar refractivity (Wildman–Crippen MR) is 79.4 cm³/mol. The summed E-state index contributed by atoms with van der Waals surface area (Å²) < 4.78 is 1.96. The first-order chi connectivity index (χ1) is 10.7. The molecule has 0 atom stereocenters. The summed E-state index contributed by atoms with van der Waals surface area (Å²) in [4.78, 5) is 22.6. The lowest BCUT2D eigenvalue weighted by Gasteiger charge is -2.25. The maximum Gasteiger partial charge on any atom is 0.354 e. The molecule has 0 bridgehead atoms. The molecule has 2 N–H and O–H groups in total. The lowest BCUT2D eigenvalue weighted by atomic mass is 9.85. The summed E-state index contributed by atoms with van der Waals surface area (Å²) in [5.74, 6) is 0.308. The van der Waals surface area contributed by atoms with Gasteiger partial charge in [-0.15, -0.1) is 0 Å². The highest BCUT2D eigenvalue weighted by molar-refractivity contribution is 5.88. The van der Waals surface area contributed by atoms with E-state index in [4.69, 9.17) is 5.11 Å². The van der Waals surface area contributed by atoms with Crippen molar-refractivity contribution in [1.29, 1.82) is 0 Å². The van der Waals surface area contributed by atoms with Crippen LogP contribution in [0.5, 0.6) is 0 Å². The second-order valence-corrected chi connectivity index (χ2v) is 5.65. The van der Waals surface area contributed by atoms with E-state index in [-0.39, 0.29) is 5.69 Å². The Labute approximate surface area is 126 Å². The Morgan fingerprint density at radius 1 is 1.32 bits per heavy atom. The first-order valence-electron chi connectivity index (χ1n) is 7.33. The van der Waals surface area contributed by atoms with Crippen molar-refractivity contribution in [2.24, 2.45) is 5.92 Å². The van der Waals surface area contributed by atoms with E-state index in [1.54, 1.807) is 12.3 Å². The van der Waals surface area contributed by atoms with Gasteiger partial charge in [0.25, 0.3) is 0 Å². The summed E-state index contributed by atoms with van der Waals surface area (Å²) in [5.41, 5.74) is 2.03. The topological polar surface area (TPSA) is 96.7 Å². The number of hydrogen-bond donors (Lipinski definition) is 2. The lowest BCUT2D eigenvalue weighted by Crippen LogP contribution is -2.19. The largest absolute Gasteiger partial charge is 0.477 e. The summed E-state index contributed by atoms with van der Waals surface area (Å²) >= 11 is 0. The van der Waals surface area contributed by atoms with Crippen LogP contribution in [0, 0.1) is 5.92 Å². The van der Waals surface area contributed by atoms with Crippen LogP contribution in [0.3, 0.4) is 0 Å². The van der Waals surface area contributed by atoms with Crippen LogP contribution in [-0.4, -0.2) is 35.8 Å². The van der Waals surface area contributed by atoms with Crippen LogP contribution in [0.4, 0.5) is 0 Å². The Hall–Kier alpha value is -2.70. The van der Waals surface area contributed by atoms with Crippen molar-refractivity contribution in [2.45, 2.75) is 25.8 Å². The average molecular weight is 297 g/mol. The molecule has 0 saturated heterocycles. The number of hydrogen-bond acceptors (Lipinski definition) is 4. The minimum atomic E-state index is -1.05. The van der Waals surface area contributed by atoms with Gasteiger partial charge in [-0.2, -0.15) is 5.10 Å². The van der Waals surface area contributed by atoms with Crippen LogP contribution in [0.15, 0.2) is 24.4 Å². The van der Waals surface area contributed by atoms with Gasteiger partial charge in [0.2, 0.25) is 0 Å². The van der Waals surface area contributed by atoms with Crippen molar-refractivity contribution in [3.05, 3.63) is 30.1 Å². The van der Waals surface area contributed by atoms with E-state index in [0.717, 1.165) is 17.8 Å². The molecule has 7 nitrogen and oxygen atoms in total. The number of aromatic carboxylic acids is 1. The summed E-state index contributed by atoms with van der Waals surface area (Å²) in [5, 5.41) is 13.4. The molecule has 3 aromatic rings. The Morgan fingerprint density at radius 3 is 2.91 bits per heavy atom. The fraction of sp³-hybridized carbons (Fsp3) is 0.333. The van der Waals surface area contributed by atoms with Crippen molar-refractivity contribution in [3.8, 4) is 11.5 Å². The molecule has 0 amide bonds.